The number of carbonyl (C=O) groups is 1. The van der Waals surface area contributed by atoms with Gasteiger partial charge in [-0.3, -0.25) is 0 Å². The summed E-state index contributed by atoms with van der Waals surface area (Å²) in [5, 5.41) is 2.82. The van der Waals surface area contributed by atoms with Gasteiger partial charge in [0.05, 0.1) is 0 Å². The number of hydrogen-bond donors (Lipinski definition) is 1. The van der Waals surface area contributed by atoms with E-state index in [9.17, 15) is 9.18 Å². The molecule has 1 aliphatic heterocycles. The van der Waals surface area contributed by atoms with E-state index in [0.717, 1.165) is 16.9 Å². The Kier molecular flexibility index (Phi) is 4.63. The van der Waals surface area contributed by atoms with E-state index in [-0.39, 0.29) is 17.2 Å². The van der Waals surface area contributed by atoms with Crippen LogP contribution in [0.2, 0.25) is 0 Å². The van der Waals surface area contributed by atoms with E-state index in [1.54, 1.807) is 22.7 Å². The third kappa shape index (κ3) is 3.42. The van der Waals surface area contributed by atoms with Crippen molar-refractivity contribution < 1.29 is 9.18 Å². The van der Waals surface area contributed by atoms with E-state index < -0.39 is 0 Å². The van der Waals surface area contributed by atoms with Crippen molar-refractivity contribution >= 4 is 17.8 Å². The Morgan fingerprint density at radius 2 is 2.05 bits per heavy atom. The molecule has 0 bridgehead atoms. The fourth-order valence-corrected chi connectivity index (χ4v) is 3.73. The molecule has 0 saturated carbocycles. The van der Waals surface area contributed by atoms with Gasteiger partial charge >= 0.3 is 6.03 Å². The smallest absolute Gasteiger partial charge is 0.318 e. The number of hydrogen-bond acceptors (Lipinski definition) is 2. The second-order valence-corrected chi connectivity index (χ2v) is 6.30. The number of amides is 2. The molecule has 1 unspecified atom stereocenters. The minimum Gasteiger partial charge on any atom is -0.334 e. The molecule has 1 atom stereocenters. The molecule has 22 heavy (non-hydrogen) atoms. The van der Waals surface area contributed by atoms with Crippen LogP contribution in [-0.4, -0.2) is 23.2 Å². The molecule has 1 heterocycles. The highest BCUT2D eigenvalue weighted by Gasteiger charge is 2.30. The number of carbonyl (C=O) groups excluding carboxylic acids is 1. The number of thioether (sulfide) groups is 1. The first kappa shape index (κ1) is 14.9. The average molecular weight is 316 g/mol. The topological polar surface area (TPSA) is 32.3 Å². The molecule has 2 amide bonds. The number of halogens is 1. The maximum absolute atomic E-state index is 13.4. The maximum Gasteiger partial charge on any atom is 0.318 e. The van der Waals surface area contributed by atoms with Crippen LogP contribution in [0.4, 0.5) is 9.18 Å². The summed E-state index contributed by atoms with van der Waals surface area (Å²) in [5.74, 6) is 0.592. The zero-order chi connectivity index (χ0) is 15.4. The largest absolute Gasteiger partial charge is 0.334 e. The summed E-state index contributed by atoms with van der Waals surface area (Å²) in [7, 11) is 0. The summed E-state index contributed by atoms with van der Waals surface area (Å²) >= 11 is 1.66. The highest BCUT2D eigenvalue weighted by molar-refractivity contribution is 7.99. The molecule has 1 fully saturated rings. The maximum atomic E-state index is 13.4. The van der Waals surface area contributed by atoms with Crippen LogP contribution in [0.15, 0.2) is 54.6 Å². The fraction of sp³-hybridized carbons (Fsp3) is 0.235. The summed E-state index contributed by atoms with van der Waals surface area (Å²) < 4.78 is 13.4. The molecule has 1 aliphatic rings. The third-order valence-electron chi connectivity index (χ3n) is 3.57. The van der Waals surface area contributed by atoms with E-state index in [1.807, 2.05) is 36.4 Å². The lowest BCUT2D eigenvalue weighted by molar-refractivity contribution is 0.200. The second kappa shape index (κ2) is 6.83. The van der Waals surface area contributed by atoms with Gasteiger partial charge in [0, 0.05) is 18.8 Å². The summed E-state index contributed by atoms with van der Waals surface area (Å²) in [6.45, 7) is 1.17. The van der Waals surface area contributed by atoms with Crippen molar-refractivity contribution in [3.8, 4) is 0 Å². The Morgan fingerprint density at radius 1 is 1.23 bits per heavy atom. The molecule has 5 heteroatoms. The molecule has 0 radical (unpaired) electrons. The normalized spacial score (nSPS) is 17.5. The van der Waals surface area contributed by atoms with Gasteiger partial charge in [0.2, 0.25) is 0 Å². The van der Waals surface area contributed by atoms with Crippen molar-refractivity contribution in [2.75, 3.05) is 12.3 Å². The van der Waals surface area contributed by atoms with Crippen LogP contribution in [0, 0.1) is 5.82 Å². The zero-order valence-electron chi connectivity index (χ0n) is 12.0. The van der Waals surface area contributed by atoms with E-state index in [1.165, 1.54) is 12.1 Å². The first-order valence-corrected chi connectivity index (χ1v) is 8.24. The van der Waals surface area contributed by atoms with Gasteiger partial charge in [0.15, 0.2) is 0 Å². The standard InChI is InChI=1S/C17H17FN2OS/c18-15-8-4-7-14(11-15)16-20(9-10-22-16)17(21)19-12-13-5-2-1-3-6-13/h1-8,11,16H,9-10,12H2,(H,19,21). The fourth-order valence-electron chi connectivity index (χ4n) is 2.49. The van der Waals surface area contributed by atoms with Crippen LogP contribution in [0.3, 0.4) is 0 Å². The predicted octanol–water partition coefficient (Wildman–Crippen LogP) is 3.78. The van der Waals surface area contributed by atoms with Gasteiger partial charge < -0.3 is 10.2 Å². The molecular weight excluding hydrogens is 299 g/mol. The Hall–Kier alpha value is -2.01. The predicted molar refractivity (Wildman–Crippen MR) is 87.0 cm³/mol. The summed E-state index contributed by atoms with van der Waals surface area (Å²) in [5.41, 5.74) is 1.89. The van der Waals surface area contributed by atoms with Crippen molar-refractivity contribution in [3.63, 3.8) is 0 Å². The van der Waals surface area contributed by atoms with E-state index in [0.29, 0.717) is 13.1 Å². The van der Waals surface area contributed by atoms with Crippen LogP contribution >= 0.6 is 11.8 Å². The molecule has 2 aromatic rings. The molecule has 0 spiro atoms. The SMILES string of the molecule is O=C(NCc1ccccc1)N1CCSC1c1cccc(F)c1. The van der Waals surface area contributed by atoms with E-state index >= 15 is 0 Å². The minimum atomic E-state index is -0.269. The van der Waals surface area contributed by atoms with Crippen molar-refractivity contribution in [1.82, 2.24) is 10.2 Å². The van der Waals surface area contributed by atoms with Gasteiger partial charge in [-0.25, -0.2) is 9.18 Å². The van der Waals surface area contributed by atoms with Crippen molar-refractivity contribution in [2.45, 2.75) is 11.9 Å². The second-order valence-electron chi connectivity index (χ2n) is 5.12. The lowest BCUT2D eigenvalue weighted by Crippen LogP contribution is -2.39. The summed E-state index contributed by atoms with van der Waals surface area (Å²) in [6.07, 6.45) is 0. The van der Waals surface area contributed by atoms with Gasteiger partial charge in [-0.1, -0.05) is 42.5 Å². The Morgan fingerprint density at radius 3 is 2.82 bits per heavy atom. The molecule has 2 aromatic carbocycles. The first-order chi connectivity index (χ1) is 10.7. The molecule has 0 aliphatic carbocycles. The molecule has 1 saturated heterocycles. The number of benzene rings is 2. The lowest BCUT2D eigenvalue weighted by atomic mass is 10.2. The Bertz CT molecular complexity index is 650. The molecule has 1 N–H and O–H groups in total. The van der Waals surface area contributed by atoms with Gasteiger partial charge in [-0.15, -0.1) is 11.8 Å². The number of nitrogens with zero attached hydrogens (tertiary/aromatic N) is 1. The molecule has 3 rings (SSSR count). The number of urea groups is 1. The highest BCUT2D eigenvalue weighted by Crippen LogP contribution is 2.37. The average Bonchev–Trinajstić information content (AvgIpc) is 3.03. The molecule has 0 aromatic heterocycles. The summed E-state index contributed by atoms with van der Waals surface area (Å²) in [4.78, 5) is 14.2. The van der Waals surface area contributed by atoms with Crippen LogP contribution in [0.5, 0.6) is 0 Å². The monoisotopic (exact) mass is 316 g/mol. The van der Waals surface area contributed by atoms with Gasteiger partial charge in [-0.2, -0.15) is 0 Å². The molecule has 3 nitrogen and oxygen atoms in total. The molecule has 114 valence electrons. The van der Waals surface area contributed by atoms with Gasteiger partial charge in [0.1, 0.15) is 11.2 Å². The van der Waals surface area contributed by atoms with Crippen molar-refractivity contribution in [2.24, 2.45) is 0 Å². The van der Waals surface area contributed by atoms with Crippen molar-refractivity contribution in [1.29, 1.82) is 0 Å². The van der Waals surface area contributed by atoms with Gasteiger partial charge in [0.25, 0.3) is 0 Å². The van der Waals surface area contributed by atoms with Crippen molar-refractivity contribution in [3.05, 3.63) is 71.5 Å². The Balaban J connectivity index is 1.66. The van der Waals surface area contributed by atoms with E-state index in [2.05, 4.69) is 5.32 Å². The van der Waals surface area contributed by atoms with Crippen LogP contribution in [0.25, 0.3) is 0 Å². The first-order valence-electron chi connectivity index (χ1n) is 7.19. The zero-order valence-corrected chi connectivity index (χ0v) is 12.9. The number of rotatable bonds is 3. The summed E-state index contributed by atoms with van der Waals surface area (Å²) in [6, 6.07) is 16.2. The van der Waals surface area contributed by atoms with Crippen LogP contribution < -0.4 is 5.32 Å². The minimum absolute atomic E-state index is 0.108. The molecular formula is C17H17FN2OS. The highest BCUT2D eigenvalue weighted by atomic mass is 32.2. The Labute approximate surface area is 133 Å². The van der Waals surface area contributed by atoms with Crippen LogP contribution in [-0.2, 0) is 6.54 Å². The van der Waals surface area contributed by atoms with Crippen LogP contribution in [0.1, 0.15) is 16.5 Å². The quantitative estimate of drug-likeness (QED) is 0.934. The lowest BCUT2D eigenvalue weighted by Gasteiger charge is -2.24. The number of nitrogens with one attached hydrogen (secondary N) is 1. The third-order valence-corrected chi connectivity index (χ3v) is 4.83. The van der Waals surface area contributed by atoms with Gasteiger partial charge in [-0.05, 0) is 23.3 Å². The van der Waals surface area contributed by atoms with E-state index in [4.69, 9.17) is 0 Å².